The minimum atomic E-state index is -0.861. The standard InChI is InChI=1S/C19H16ClFN4/c20-17-7-5-16(6-8-17)19(11-22,12-25-14-23-13-24-25)10-9-15-3-1-2-4-18(15)21/h1-8,13-14H,9-10,12H2. The number of hydrogen-bond acceptors (Lipinski definition) is 3. The Morgan fingerprint density at radius 3 is 2.56 bits per heavy atom. The van der Waals surface area contributed by atoms with Gasteiger partial charge in [0.1, 0.15) is 23.9 Å². The van der Waals surface area contributed by atoms with Crippen molar-refractivity contribution in [2.45, 2.75) is 24.8 Å². The van der Waals surface area contributed by atoms with E-state index in [4.69, 9.17) is 11.6 Å². The third-order valence-electron chi connectivity index (χ3n) is 4.29. The minimum absolute atomic E-state index is 0.258. The molecule has 2 aromatic carbocycles. The molecule has 1 aromatic heterocycles. The molecule has 0 N–H and O–H groups in total. The fourth-order valence-corrected chi connectivity index (χ4v) is 3.01. The summed E-state index contributed by atoms with van der Waals surface area (Å²) < 4.78 is 15.6. The van der Waals surface area contributed by atoms with Crippen LogP contribution in [0.3, 0.4) is 0 Å². The van der Waals surface area contributed by atoms with E-state index in [2.05, 4.69) is 16.2 Å². The van der Waals surface area contributed by atoms with Crippen LogP contribution in [0.25, 0.3) is 0 Å². The van der Waals surface area contributed by atoms with Crippen molar-refractivity contribution in [3.63, 3.8) is 0 Å². The van der Waals surface area contributed by atoms with Crippen molar-refractivity contribution in [3.05, 3.63) is 83.2 Å². The van der Waals surface area contributed by atoms with Crippen LogP contribution in [0.5, 0.6) is 0 Å². The fraction of sp³-hybridized carbons (Fsp3) is 0.211. The first-order valence-electron chi connectivity index (χ1n) is 7.86. The highest BCUT2D eigenvalue weighted by Gasteiger charge is 2.33. The van der Waals surface area contributed by atoms with Crippen LogP contribution in [-0.4, -0.2) is 14.8 Å². The van der Waals surface area contributed by atoms with Gasteiger partial charge in [0.15, 0.2) is 0 Å². The van der Waals surface area contributed by atoms with Crippen molar-refractivity contribution in [3.8, 4) is 6.07 Å². The maximum atomic E-state index is 14.0. The molecule has 4 nitrogen and oxygen atoms in total. The second kappa shape index (κ2) is 7.45. The number of aromatic nitrogens is 3. The molecule has 0 saturated heterocycles. The predicted molar refractivity (Wildman–Crippen MR) is 93.5 cm³/mol. The molecule has 3 rings (SSSR count). The number of nitrogens with zero attached hydrogens (tertiary/aromatic N) is 4. The lowest BCUT2D eigenvalue weighted by Crippen LogP contribution is -2.31. The molecule has 3 aromatic rings. The summed E-state index contributed by atoms with van der Waals surface area (Å²) in [4.78, 5) is 3.94. The summed E-state index contributed by atoms with van der Waals surface area (Å²) in [7, 11) is 0. The molecule has 0 aliphatic rings. The number of hydrogen-bond donors (Lipinski definition) is 0. The van der Waals surface area contributed by atoms with Crippen molar-refractivity contribution in [2.24, 2.45) is 0 Å². The summed E-state index contributed by atoms with van der Waals surface area (Å²) in [6.07, 6.45) is 3.90. The zero-order valence-corrected chi connectivity index (χ0v) is 14.2. The van der Waals surface area contributed by atoms with Crippen LogP contribution in [-0.2, 0) is 18.4 Å². The molecule has 0 amide bonds. The van der Waals surface area contributed by atoms with Crippen molar-refractivity contribution in [2.75, 3.05) is 0 Å². The van der Waals surface area contributed by atoms with Gasteiger partial charge in [-0.1, -0.05) is 41.9 Å². The SMILES string of the molecule is N#CC(CCc1ccccc1F)(Cn1cncn1)c1ccc(Cl)cc1. The van der Waals surface area contributed by atoms with Gasteiger partial charge in [0.05, 0.1) is 12.6 Å². The summed E-state index contributed by atoms with van der Waals surface area (Å²) in [6, 6.07) is 16.2. The van der Waals surface area contributed by atoms with Gasteiger partial charge in [-0.05, 0) is 42.2 Å². The van der Waals surface area contributed by atoms with E-state index in [0.717, 1.165) is 5.56 Å². The highest BCUT2D eigenvalue weighted by molar-refractivity contribution is 6.30. The quantitative estimate of drug-likeness (QED) is 0.667. The Labute approximate surface area is 150 Å². The number of nitriles is 1. The lowest BCUT2D eigenvalue weighted by Gasteiger charge is -2.27. The van der Waals surface area contributed by atoms with Crippen LogP contribution in [0.1, 0.15) is 17.5 Å². The van der Waals surface area contributed by atoms with Gasteiger partial charge < -0.3 is 0 Å². The van der Waals surface area contributed by atoms with Crippen LogP contribution in [0.15, 0.2) is 61.2 Å². The van der Waals surface area contributed by atoms with Gasteiger partial charge in [0.25, 0.3) is 0 Å². The first kappa shape index (κ1) is 17.1. The van der Waals surface area contributed by atoms with Gasteiger partial charge in [0, 0.05) is 5.02 Å². The second-order valence-electron chi connectivity index (χ2n) is 5.89. The molecule has 0 spiro atoms. The lowest BCUT2D eigenvalue weighted by atomic mass is 9.77. The van der Waals surface area contributed by atoms with E-state index in [9.17, 15) is 9.65 Å². The maximum absolute atomic E-state index is 14.0. The minimum Gasteiger partial charge on any atom is -0.251 e. The smallest absolute Gasteiger partial charge is 0.137 e. The van der Waals surface area contributed by atoms with Crippen LogP contribution in [0, 0.1) is 17.1 Å². The largest absolute Gasteiger partial charge is 0.251 e. The maximum Gasteiger partial charge on any atom is 0.137 e. The first-order valence-corrected chi connectivity index (χ1v) is 8.24. The van der Waals surface area contributed by atoms with Gasteiger partial charge in [-0.15, -0.1) is 0 Å². The van der Waals surface area contributed by atoms with Gasteiger partial charge in [-0.2, -0.15) is 10.4 Å². The second-order valence-corrected chi connectivity index (χ2v) is 6.32. The molecular formula is C19H16ClFN4. The van der Waals surface area contributed by atoms with Crippen LogP contribution in [0.2, 0.25) is 5.02 Å². The Morgan fingerprint density at radius 1 is 1.16 bits per heavy atom. The molecular weight excluding hydrogens is 339 g/mol. The molecule has 0 aliphatic carbocycles. The summed E-state index contributed by atoms with van der Waals surface area (Å²) >= 11 is 5.98. The summed E-state index contributed by atoms with van der Waals surface area (Å²) in [5.74, 6) is -0.258. The summed E-state index contributed by atoms with van der Waals surface area (Å²) in [5.41, 5.74) is 0.557. The highest BCUT2D eigenvalue weighted by Crippen LogP contribution is 2.32. The number of rotatable bonds is 6. The Bertz CT molecular complexity index is 871. The molecule has 1 heterocycles. The average molecular weight is 355 g/mol. The lowest BCUT2D eigenvalue weighted by molar-refractivity contribution is 0.399. The van der Waals surface area contributed by atoms with E-state index < -0.39 is 5.41 Å². The molecule has 1 atom stereocenters. The number of halogens is 2. The van der Waals surface area contributed by atoms with Crippen LogP contribution >= 0.6 is 11.6 Å². The van der Waals surface area contributed by atoms with Crippen molar-refractivity contribution in [1.82, 2.24) is 14.8 Å². The fourth-order valence-electron chi connectivity index (χ4n) is 2.88. The topological polar surface area (TPSA) is 54.5 Å². The van der Waals surface area contributed by atoms with E-state index in [-0.39, 0.29) is 5.82 Å². The molecule has 1 unspecified atom stereocenters. The van der Waals surface area contributed by atoms with E-state index in [0.29, 0.717) is 30.0 Å². The highest BCUT2D eigenvalue weighted by atomic mass is 35.5. The van der Waals surface area contributed by atoms with Gasteiger partial charge in [-0.3, -0.25) is 4.68 Å². The summed E-state index contributed by atoms with van der Waals surface area (Å²) in [6.45, 7) is 0.333. The molecule has 0 radical (unpaired) electrons. The van der Waals surface area contributed by atoms with E-state index >= 15 is 0 Å². The molecule has 25 heavy (non-hydrogen) atoms. The average Bonchev–Trinajstić information content (AvgIpc) is 3.13. The Balaban J connectivity index is 1.94. The van der Waals surface area contributed by atoms with Crippen LogP contribution < -0.4 is 0 Å². The summed E-state index contributed by atoms with van der Waals surface area (Å²) in [5, 5.41) is 14.7. The molecule has 0 fully saturated rings. The van der Waals surface area contributed by atoms with Gasteiger partial charge >= 0.3 is 0 Å². The number of benzene rings is 2. The monoisotopic (exact) mass is 354 g/mol. The molecule has 0 aliphatic heterocycles. The number of aryl methyl sites for hydroxylation is 1. The van der Waals surface area contributed by atoms with E-state index in [1.165, 1.54) is 12.4 Å². The predicted octanol–water partition coefficient (Wildman–Crippen LogP) is 4.16. The van der Waals surface area contributed by atoms with E-state index in [1.54, 1.807) is 41.3 Å². The molecule has 0 saturated carbocycles. The van der Waals surface area contributed by atoms with Crippen molar-refractivity contribution >= 4 is 11.6 Å². The first-order chi connectivity index (χ1) is 12.1. The third kappa shape index (κ3) is 3.86. The van der Waals surface area contributed by atoms with Crippen molar-refractivity contribution < 1.29 is 4.39 Å². The Morgan fingerprint density at radius 2 is 1.92 bits per heavy atom. The molecule has 6 heteroatoms. The molecule has 0 bridgehead atoms. The third-order valence-corrected chi connectivity index (χ3v) is 4.54. The zero-order valence-electron chi connectivity index (χ0n) is 13.4. The van der Waals surface area contributed by atoms with Crippen molar-refractivity contribution in [1.29, 1.82) is 5.26 Å². The Hall–Kier alpha value is -2.71. The normalized spacial score (nSPS) is 13.2. The Kier molecular flexibility index (Phi) is 5.11. The van der Waals surface area contributed by atoms with Crippen LogP contribution in [0.4, 0.5) is 4.39 Å². The van der Waals surface area contributed by atoms with Gasteiger partial charge in [0.2, 0.25) is 0 Å². The molecule has 126 valence electrons. The zero-order chi connectivity index (χ0) is 17.7. The van der Waals surface area contributed by atoms with Gasteiger partial charge in [-0.25, -0.2) is 9.37 Å². The van der Waals surface area contributed by atoms with E-state index in [1.807, 2.05) is 12.1 Å².